The lowest BCUT2D eigenvalue weighted by Gasteiger charge is -1.73. The summed E-state index contributed by atoms with van der Waals surface area (Å²) in [6.07, 6.45) is 6.60. The molecule has 2 nitrogen and oxygen atoms in total. The van der Waals surface area contributed by atoms with Gasteiger partial charge in [-0.15, -0.1) is 0 Å². The fourth-order valence-corrected chi connectivity index (χ4v) is 0.308. The van der Waals surface area contributed by atoms with Crippen LogP contribution in [0.2, 0.25) is 0 Å². The first kappa shape index (κ1) is 8.62. The smallest absolute Gasteiger partial charge is 0.328 e. The maximum Gasteiger partial charge on any atom is 0.328 e. The van der Waals surface area contributed by atoms with Gasteiger partial charge in [0.2, 0.25) is 0 Å². The van der Waals surface area contributed by atoms with Crippen molar-refractivity contribution in [2.45, 2.75) is 0 Å². The van der Waals surface area contributed by atoms with Crippen molar-refractivity contribution in [3.8, 4) is 0 Å². The van der Waals surface area contributed by atoms with Crippen molar-refractivity contribution in [3.05, 3.63) is 36.7 Å². The van der Waals surface area contributed by atoms with Gasteiger partial charge in [-0.25, -0.2) is 9.18 Å². The Morgan fingerprint density at radius 3 is 2.30 bits per heavy atom. The van der Waals surface area contributed by atoms with Crippen LogP contribution >= 0.6 is 0 Å². The molecule has 0 aromatic heterocycles. The minimum Gasteiger partial charge on any atom is -0.478 e. The normalized spacial score (nSPS) is 12.1. The average molecular weight is 142 g/mol. The zero-order chi connectivity index (χ0) is 7.82. The number of aliphatic carboxylic acids is 1. The molecule has 0 radical (unpaired) electrons. The van der Waals surface area contributed by atoms with Gasteiger partial charge < -0.3 is 5.11 Å². The Kier molecular flexibility index (Phi) is 4.96. The Labute approximate surface area is 58.0 Å². The van der Waals surface area contributed by atoms with Gasteiger partial charge in [-0.05, 0) is 6.08 Å². The van der Waals surface area contributed by atoms with Crippen LogP contribution in [-0.2, 0) is 4.79 Å². The van der Waals surface area contributed by atoms with Gasteiger partial charge >= 0.3 is 5.97 Å². The lowest BCUT2D eigenvalue weighted by atomic mass is 10.4. The van der Waals surface area contributed by atoms with E-state index in [-0.39, 0.29) is 0 Å². The highest BCUT2D eigenvalue weighted by atomic mass is 19.1. The summed E-state index contributed by atoms with van der Waals surface area (Å²) in [6, 6.07) is 0. The second kappa shape index (κ2) is 5.75. The zero-order valence-corrected chi connectivity index (χ0v) is 5.20. The largest absolute Gasteiger partial charge is 0.478 e. The third-order valence-corrected chi connectivity index (χ3v) is 0.645. The number of rotatable bonds is 3. The summed E-state index contributed by atoms with van der Waals surface area (Å²) in [5.41, 5.74) is 0. The third kappa shape index (κ3) is 6.62. The maximum atomic E-state index is 11.2. The SMILES string of the molecule is O=C(O)/C=C/C=C\C=C\F. The van der Waals surface area contributed by atoms with Crippen LogP contribution < -0.4 is 0 Å². The quantitative estimate of drug-likeness (QED) is 0.480. The van der Waals surface area contributed by atoms with Gasteiger partial charge in [-0.3, -0.25) is 0 Å². The van der Waals surface area contributed by atoms with Crippen molar-refractivity contribution in [1.82, 2.24) is 0 Å². The predicted octanol–water partition coefficient (Wildman–Crippen LogP) is 1.67. The molecule has 0 aliphatic heterocycles. The third-order valence-electron chi connectivity index (χ3n) is 0.645. The summed E-state index contributed by atoms with van der Waals surface area (Å²) in [6.45, 7) is 0. The number of halogens is 1. The fourth-order valence-electron chi connectivity index (χ4n) is 0.308. The monoisotopic (exact) mass is 142 g/mol. The Morgan fingerprint density at radius 2 is 1.80 bits per heavy atom. The van der Waals surface area contributed by atoms with Crippen LogP contribution in [0.15, 0.2) is 36.7 Å². The number of carbonyl (C=O) groups is 1. The molecule has 10 heavy (non-hydrogen) atoms. The fraction of sp³-hybridized carbons (Fsp3) is 0. The summed E-state index contributed by atoms with van der Waals surface area (Å²) in [5, 5.41) is 8.06. The van der Waals surface area contributed by atoms with Gasteiger partial charge in [0.25, 0.3) is 0 Å². The van der Waals surface area contributed by atoms with E-state index >= 15 is 0 Å². The van der Waals surface area contributed by atoms with Gasteiger partial charge in [0, 0.05) is 6.08 Å². The Bertz CT molecular complexity index is 180. The topological polar surface area (TPSA) is 37.3 Å². The summed E-state index contributed by atoms with van der Waals surface area (Å²) >= 11 is 0. The van der Waals surface area contributed by atoms with E-state index < -0.39 is 5.97 Å². The molecule has 0 aliphatic carbocycles. The molecule has 0 aromatic rings. The van der Waals surface area contributed by atoms with E-state index in [2.05, 4.69) is 0 Å². The van der Waals surface area contributed by atoms with Gasteiger partial charge in [-0.2, -0.15) is 0 Å². The molecule has 54 valence electrons. The first-order valence-corrected chi connectivity index (χ1v) is 2.60. The van der Waals surface area contributed by atoms with Gasteiger partial charge in [0.15, 0.2) is 0 Å². The summed E-state index contributed by atoms with van der Waals surface area (Å²) in [4.78, 5) is 9.82. The van der Waals surface area contributed by atoms with Crippen LogP contribution in [0.4, 0.5) is 4.39 Å². The Morgan fingerprint density at radius 1 is 1.20 bits per heavy atom. The van der Waals surface area contributed by atoms with Crippen LogP contribution in [0.5, 0.6) is 0 Å². The van der Waals surface area contributed by atoms with Gasteiger partial charge in [0.1, 0.15) is 0 Å². The molecule has 0 rings (SSSR count). The number of allylic oxidation sites excluding steroid dienone is 4. The molecular weight excluding hydrogens is 135 g/mol. The Hall–Kier alpha value is -1.38. The van der Waals surface area contributed by atoms with Crippen molar-refractivity contribution in [1.29, 1.82) is 0 Å². The predicted molar refractivity (Wildman–Crippen MR) is 36.2 cm³/mol. The summed E-state index contributed by atoms with van der Waals surface area (Å²) in [5.74, 6) is -1.02. The first-order valence-electron chi connectivity index (χ1n) is 2.60. The number of carboxylic acids is 1. The van der Waals surface area contributed by atoms with Crippen molar-refractivity contribution >= 4 is 5.97 Å². The van der Waals surface area contributed by atoms with Crippen LogP contribution in [0, 0.1) is 0 Å². The van der Waals surface area contributed by atoms with E-state index in [1.807, 2.05) is 0 Å². The maximum absolute atomic E-state index is 11.2. The zero-order valence-electron chi connectivity index (χ0n) is 5.20. The number of hydrogen-bond donors (Lipinski definition) is 1. The standard InChI is InChI=1S/C7H7FO2/c8-6-4-2-1-3-5-7(9)10/h1-6H,(H,9,10)/b2-1-,5-3+,6-4+. The minimum atomic E-state index is -1.02. The molecule has 0 aliphatic rings. The summed E-state index contributed by atoms with van der Waals surface area (Å²) in [7, 11) is 0. The molecule has 1 N–H and O–H groups in total. The number of hydrogen-bond acceptors (Lipinski definition) is 1. The second-order valence-electron chi connectivity index (χ2n) is 1.40. The van der Waals surface area contributed by atoms with Crippen LogP contribution in [0.3, 0.4) is 0 Å². The van der Waals surface area contributed by atoms with Crippen LogP contribution in [-0.4, -0.2) is 11.1 Å². The molecule has 0 amide bonds. The molecule has 0 aromatic carbocycles. The van der Waals surface area contributed by atoms with Crippen molar-refractivity contribution in [2.75, 3.05) is 0 Å². The molecule has 0 unspecified atom stereocenters. The molecule has 0 spiro atoms. The van der Waals surface area contributed by atoms with E-state index in [9.17, 15) is 9.18 Å². The van der Waals surface area contributed by atoms with Crippen LogP contribution in [0.1, 0.15) is 0 Å². The molecule has 3 heteroatoms. The highest BCUT2D eigenvalue weighted by Crippen LogP contribution is 1.80. The molecular formula is C7H7FO2. The second-order valence-corrected chi connectivity index (χ2v) is 1.40. The summed E-state index contributed by atoms with van der Waals surface area (Å²) < 4.78 is 11.2. The molecule has 0 saturated carbocycles. The first-order chi connectivity index (χ1) is 4.77. The molecule has 0 saturated heterocycles. The van der Waals surface area contributed by atoms with Gasteiger partial charge in [-0.1, -0.05) is 18.2 Å². The Balaban J connectivity index is 3.62. The highest BCUT2D eigenvalue weighted by Gasteiger charge is 1.78. The molecule has 0 heterocycles. The highest BCUT2D eigenvalue weighted by molar-refractivity contribution is 5.80. The van der Waals surface area contributed by atoms with E-state index in [1.54, 1.807) is 0 Å². The molecule has 0 fully saturated rings. The van der Waals surface area contributed by atoms with Crippen molar-refractivity contribution in [3.63, 3.8) is 0 Å². The number of carboxylic acid groups (broad SMARTS) is 1. The van der Waals surface area contributed by atoms with E-state index in [4.69, 9.17) is 5.11 Å². The van der Waals surface area contributed by atoms with E-state index in [1.165, 1.54) is 18.2 Å². The van der Waals surface area contributed by atoms with Gasteiger partial charge in [0.05, 0.1) is 6.33 Å². The van der Waals surface area contributed by atoms with E-state index in [0.717, 1.165) is 12.2 Å². The molecule has 0 bridgehead atoms. The van der Waals surface area contributed by atoms with Crippen molar-refractivity contribution < 1.29 is 14.3 Å². The van der Waals surface area contributed by atoms with Crippen molar-refractivity contribution in [2.24, 2.45) is 0 Å². The lowest BCUT2D eigenvalue weighted by molar-refractivity contribution is -0.131. The average Bonchev–Trinajstić information content (AvgIpc) is 1.87. The molecule has 0 atom stereocenters. The van der Waals surface area contributed by atoms with E-state index in [0.29, 0.717) is 6.33 Å². The minimum absolute atomic E-state index is 0.366. The lowest BCUT2D eigenvalue weighted by Crippen LogP contribution is -1.84. The van der Waals surface area contributed by atoms with Crippen LogP contribution in [0.25, 0.3) is 0 Å².